The van der Waals surface area contributed by atoms with E-state index in [9.17, 15) is 9.59 Å². The summed E-state index contributed by atoms with van der Waals surface area (Å²) >= 11 is 0. The van der Waals surface area contributed by atoms with E-state index < -0.39 is 0 Å². The summed E-state index contributed by atoms with van der Waals surface area (Å²) in [7, 11) is 0. The van der Waals surface area contributed by atoms with E-state index in [-0.39, 0.29) is 24.5 Å². The number of benzene rings is 2. The fraction of sp³-hybridized carbons (Fsp3) is 0.333. The highest BCUT2D eigenvalue weighted by molar-refractivity contribution is 5.95. The zero-order valence-corrected chi connectivity index (χ0v) is 19.4. The third-order valence-corrected chi connectivity index (χ3v) is 5.78. The van der Waals surface area contributed by atoms with Gasteiger partial charge in [-0.1, -0.05) is 67.6 Å². The summed E-state index contributed by atoms with van der Waals surface area (Å²) in [5.74, 6) is -0.423. The van der Waals surface area contributed by atoms with E-state index in [0.717, 1.165) is 35.4 Å². The molecule has 1 N–H and O–H groups in total. The molecule has 0 aliphatic heterocycles. The summed E-state index contributed by atoms with van der Waals surface area (Å²) in [5, 5.41) is 3.18. The van der Waals surface area contributed by atoms with Gasteiger partial charge in [-0.2, -0.15) is 0 Å². The number of carbonyl (C=O) groups excluding carboxylic acids is 2. The first-order valence-electron chi connectivity index (χ1n) is 11.2. The van der Waals surface area contributed by atoms with Crippen LogP contribution in [0.25, 0.3) is 11.3 Å². The summed E-state index contributed by atoms with van der Waals surface area (Å²) in [6.45, 7) is 8.11. The highest BCUT2D eigenvalue weighted by atomic mass is 16.5. The summed E-state index contributed by atoms with van der Waals surface area (Å²) in [4.78, 5) is 25.7. The first-order valence-corrected chi connectivity index (χ1v) is 11.2. The number of hydrogen-bond donors (Lipinski definition) is 1. The van der Waals surface area contributed by atoms with E-state index in [1.54, 1.807) is 6.92 Å². The van der Waals surface area contributed by atoms with Crippen LogP contribution in [-0.4, -0.2) is 29.1 Å². The van der Waals surface area contributed by atoms with Crippen molar-refractivity contribution in [3.8, 4) is 11.3 Å². The molecule has 0 saturated heterocycles. The Morgan fingerprint density at radius 1 is 0.969 bits per heavy atom. The van der Waals surface area contributed by atoms with Crippen molar-refractivity contribution in [3.05, 3.63) is 83.0 Å². The van der Waals surface area contributed by atoms with Gasteiger partial charge in [0, 0.05) is 11.7 Å². The Kier molecular flexibility index (Phi) is 7.87. The van der Waals surface area contributed by atoms with Crippen LogP contribution in [0.15, 0.2) is 60.7 Å². The summed E-state index contributed by atoms with van der Waals surface area (Å²) < 4.78 is 7.23. The molecule has 0 aliphatic carbocycles. The van der Waals surface area contributed by atoms with E-state index in [1.807, 2.05) is 66.9 Å². The molecule has 1 atom stereocenters. The molecule has 0 saturated carbocycles. The number of nitrogens with zero attached hydrogens (tertiary/aromatic N) is 1. The van der Waals surface area contributed by atoms with Gasteiger partial charge in [-0.3, -0.25) is 4.79 Å². The Bertz CT molecular complexity index is 1060. The van der Waals surface area contributed by atoms with Crippen LogP contribution in [0.1, 0.15) is 47.4 Å². The van der Waals surface area contributed by atoms with E-state index >= 15 is 0 Å². The van der Waals surface area contributed by atoms with Crippen LogP contribution in [0.4, 0.5) is 0 Å². The molecule has 0 radical (unpaired) electrons. The number of esters is 1. The molecule has 5 heteroatoms. The van der Waals surface area contributed by atoms with Gasteiger partial charge in [-0.25, -0.2) is 4.79 Å². The third-order valence-electron chi connectivity index (χ3n) is 5.78. The Morgan fingerprint density at radius 3 is 2.19 bits per heavy atom. The van der Waals surface area contributed by atoms with Crippen molar-refractivity contribution in [2.24, 2.45) is 0 Å². The van der Waals surface area contributed by atoms with Crippen molar-refractivity contribution in [3.63, 3.8) is 0 Å². The van der Waals surface area contributed by atoms with Gasteiger partial charge in [0.25, 0.3) is 0 Å². The van der Waals surface area contributed by atoms with Crippen LogP contribution in [0, 0.1) is 13.8 Å². The quantitative estimate of drug-likeness (QED) is 0.479. The normalized spacial score (nSPS) is 11.8. The predicted octanol–water partition coefficient (Wildman–Crippen LogP) is 5.09. The minimum Gasteiger partial charge on any atom is -0.462 e. The molecule has 1 amide bonds. The molecular weight excluding hydrogens is 400 g/mol. The predicted molar refractivity (Wildman–Crippen MR) is 128 cm³/mol. The molecule has 1 heterocycles. The first kappa shape index (κ1) is 23.3. The Morgan fingerprint density at radius 2 is 1.59 bits per heavy atom. The molecule has 3 rings (SSSR count). The Hall–Kier alpha value is -3.34. The average molecular weight is 433 g/mol. The number of carbonyl (C=O) groups is 2. The Labute approximate surface area is 190 Å². The molecule has 0 unspecified atom stereocenters. The SMILES string of the molecule is CCOC(=O)c1c(C)c(-c2ccccc2)n(CC(=O)N[C@H](CC)Cc2ccccc2)c1C. The highest BCUT2D eigenvalue weighted by Crippen LogP contribution is 2.31. The van der Waals surface area contributed by atoms with Gasteiger partial charge in [0.15, 0.2) is 0 Å². The number of rotatable bonds is 9. The molecular formula is C27H32N2O3. The molecule has 0 aliphatic rings. The molecule has 5 nitrogen and oxygen atoms in total. The van der Waals surface area contributed by atoms with Gasteiger partial charge in [0.05, 0.1) is 17.9 Å². The third kappa shape index (κ3) is 5.28. The fourth-order valence-electron chi connectivity index (χ4n) is 4.18. The molecule has 0 fully saturated rings. The second kappa shape index (κ2) is 10.8. The van der Waals surface area contributed by atoms with Crippen LogP contribution in [0.3, 0.4) is 0 Å². The lowest BCUT2D eigenvalue weighted by atomic mass is 10.0. The molecule has 0 spiro atoms. The van der Waals surface area contributed by atoms with E-state index in [2.05, 4.69) is 24.4 Å². The monoisotopic (exact) mass is 432 g/mol. The second-order valence-electron chi connectivity index (χ2n) is 7.97. The van der Waals surface area contributed by atoms with Crippen molar-refractivity contribution in [2.45, 2.75) is 53.1 Å². The van der Waals surface area contributed by atoms with Crippen molar-refractivity contribution >= 4 is 11.9 Å². The van der Waals surface area contributed by atoms with E-state index in [4.69, 9.17) is 4.74 Å². The van der Waals surface area contributed by atoms with Crippen molar-refractivity contribution in [1.29, 1.82) is 0 Å². The largest absolute Gasteiger partial charge is 0.462 e. The number of nitrogens with one attached hydrogen (secondary N) is 1. The lowest BCUT2D eigenvalue weighted by molar-refractivity contribution is -0.122. The van der Waals surface area contributed by atoms with Gasteiger partial charge >= 0.3 is 5.97 Å². The van der Waals surface area contributed by atoms with Crippen LogP contribution < -0.4 is 5.32 Å². The minimum absolute atomic E-state index is 0.0477. The van der Waals surface area contributed by atoms with Gasteiger partial charge in [0.2, 0.25) is 5.91 Å². The molecule has 1 aromatic heterocycles. The van der Waals surface area contributed by atoms with Crippen molar-refractivity contribution in [1.82, 2.24) is 9.88 Å². The number of ether oxygens (including phenoxy) is 1. The number of aromatic nitrogens is 1. The lowest BCUT2D eigenvalue weighted by Crippen LogP contribution is -2.38. The average Bonchev–Trinajstić information content (AvgIpc) is 3.04. The minimum atomic E-state index is -0.352. The first-order chi connectivity index (χ1) is 15.5. The summed E-state index contributed by atoms with van der Waals surface area (Å²) in [6.07, 6.45) is 1.62. The van der Waals surface area contributed by atoms with Crippen LogP contribution in [0.5, 0.6) is 0 Å². The fourth-order valence-corrected chi connectivity index (χ4v) is 4.18. The van der Waals surface area contributed by atoms with Crippen molar-refractivity contribution in [2.75, 3.05) is 6.61 Å². The molecule has 32 heavy (non-hydrogen) atoms. The molecule has 168 valence electrons. The second-order valence-corrected chi connectivity index (χ2v) is 7.97. The lowest BCUT2D eigenvalue weighted by Gasteiger charge is -2.19. The zero-order valence-electron chi connectivity index (χ0n) is 19.4. The highest BCUT2D eigenvalue weighted by Gasteiger charge is 2.25. The van der Waals surface area contributed by atoms with Gasteiger partial charge in [0.1, 0.15) is 6.54 Å². The van der Waals surface area contributed by atoms with Crippen molar-refractivity contribution < 1.29 is 14.3 Å². The van der Waals surface area contributed by atoms with Crippen LogP contribution in [-0.2, 0) is 22.5 Å². The van der Waals surface area contributed by atoms with E-state index in [1.165, 1.54) is 5.56 Å². The molecule has 0 bridgehead atoms. The smallest absolute Gasteiger partial charge is 0.340 e. The number of amides is 1. The number of hydrogen-bond acceptors (Lipinski definition) is 3. The van der Waals surface area contributed by atoms with Gasteiger partial charge < -0.3 is 14.6 Å². The summed E-state index contributed by atoms with van der Waals surface area (Å²) in [6, 6.07) is 20.1. The van der Waals surface area contributed by atoms with E-state index in [0.29, 0.717) is 12.2 Å². The summed E-state index contributed by atoms with van der Waals surface area (Å²) in [5.41, 5.74) is 5.14. The zero-order chi connectivity index (χ0) is 23.1. The van der Waals surface area contributed by atoms with Crippen LogP contribution >= 0.6 is 0 Å². The molecule has 2 aromatic carbocycles. The van der Waals surface area contributed by atoms with Crippen LogP contribution in [0.2, 0.25) is 0 Å². The maximum atomic E-state index is 13.1. The maximum Gasteiger partial charge on any atom is 0.340 e. The standard InChI is InChI=1S/C27H32N2O3/c1-5-23(17-21-13-9-7-10-14-21)28-24(30)18-29-20(4)25(27(31)32-6-2)19(3)26(29)22-15-11-8-12-16-22/h7-16,23H,5-6,17-18H2,1-4H3,(H,28,30)/t23-/m1/s1. The Balaban J connectivity index is 1.89. The molecule has 3 aromatic rings. The topological polar surface area (TPSA) is 60.3 Å². The van der Waals surface area contributed by atoms with Gasteiger partial charge in [-0.05, 0) is 50.3 Å². The maximum absolute atomic E-state index is 13.1. The van der Waals surface area contributed by atoms with Gasteiger partial charge in [-0.15, -0.1) is 0 Å².